The Labute approximate surface area is 155 Å². The fraction of sp³-hybridized carbons (Fsp3) is 0.438. The summed E-state index contributed by atoms with van der Waals surface area (Å²) in [7, 11) is 0. The Kier molecular flexibility index (Phi) is 5.19. The number of fused-ring (bicyclic) bond motifs is 1. The van der Waals surface area contributed by atoms with E-state index in [0.29, 0.717) is 24.3 Å². The SMILES string of the molecule is CC1(C)COP(=S)(SC(=O)CCN2C(=O)c3ccccc3C2=O)OC1. The number of hydrogen-bond acceptors (Lipinski definition) is 7. The summed E-state index contributed by atoms with van der Waals surface area (Å²) in [4.78, 5) is 37.9. The van der Waals surface area contributed by atoms with Crippen molar-refractivity contribution in [1.82, 2.24) is 4.90 Å². The topological polar surface area (TPSA) is 72.9 Å². The predicted octanol–water partition coefficient (Wildman–Crippen LogP) is 3.23. The summed E-state index contributed by atoms with van der Waals surface area (Å²) in [5.74, 6) is -0.735. The normalized spacial score (nSPS) is 21.3. The lowest BCUT2D eigenvalue weighted by Gasteiger charge is -2.35. The predicted molar refractivity (Wildman–Crippen MR) is 99.0 cm³/mol. The van der Waals surface area contributed by atoms with Crippen molar-refractivity contribution in [3.63, 3.8) is 0 Å². The van der Waals surface area contributed by atoms with Crippen molar-refractivity contribution in [3.8, 4) is 0 Å². The molecule has 0 unspecified atom stereocenters. The molecular formula is C16H18NO5PS2. The Morgan fingerprint density at radius 3 is 2.24 bits per heavy atom. The summed E-state index contributed by atoms with van der Waals surface area (Å²) < 4.78 is 11.2. The molecule has 1 saturated heterocycles. The minimum absolute atomic E-state index is 0.0185. The summed E-state index contributed by atoms with van der Waals surface area (Å²) in [5.41, 5.74) is -2.05. The highest BCUT2D eigenvalue weighted by atomic mass is 32.9. The zero-order valence-corrected chi connectivity index (χ0v) is 16.4. The molecule has 2 heterocycles. The zero-order chi connectivity index (χ0) is 18.2. The van der Waals surface area contributed by atoms with Crippen molar-refractivity contribution in [1.29, 1.82) is 0 Å². The standard InChI is InChI=1S/C16H18NO5PS2/c1-16(2)9-21-23(24,22-10-16)25-13(18)7-8-17-14(19)11-5-3-4-6-12(11)15(17)20/h3-6H,7-10H2,1-2H3. The van der Waals surface area contributed by atoms with E-state index in [4.69, 9.17) is 20.9 Å². The average molecular weight is 399 g/mol. The maximum Gasteiger partial charge on any atom is 0.261 e. The van der Waals surface area contributed by atoms with Gasteiger partial charge in [-0.15, -0.1) is 0 Å². The van der Waals surface area contributed by atoms with Crippen molar-refractivity contribution in [2.75, 3.05) is 19.8 Å². The Morgan fingerprint density at radius 1 is 1.20 bits per heavy atom. The van der Waals surface area contributed by atoms with Crippen molar-refractivity contribution >= 4 is 45.8 Å². The van der Waals surface area contributed by atoms with E-state index < -0.39 is 5.69 Å². The zero-order valence-electron chi connectivity index (χ0n) is 13.9. The van der Waals surface area contributed by atoms with Gasteiger partial charge in [0.2, 0.25) is 0 Å². The van der Waals surface area contributed by atoms with E-state index >= 15 is 0 Å². The molecule has 2 aliphatic rings. The molecule has 1 aromatic rings. The van der Waals surface area contributed by atoms with Crippen LogP contribution in [0.3, 0.4) is 0 Å². The molecule has 2 amide bonds. The van der Waals surface area contributed by atoms with Crippen LogP contribution in [0.5, 0.6) is 0 Å². The molecule has 0 spiro atoms. The first-order valence-corrected chi connectivity index (χ1v) is 11.8. The summed E-state index contributed by atoms with van der Waals surface area (Å²) >= 11 is 6.23. The van der Waals surface area contributed by atoms with Crippen LogP contribution in [0.1, 0.15) is 41.0 Å². The van der Waals surface area contributed by atoms with Crippen LogP contribution < -0.4 is 0 Å². The lowest BCUT2D eigenvalue weighted by molar-refractivity contribution is -0.110. The Balaban J connectivity index is 1.56. The van der Waals surface area contributed by atoms with Gasteiger partial charge in [0.1, 0.15) is 0 Å². The Morgan fingerprint density at radius 2 is 1.72 bits per heavy atom. The highest BCUT2D eigenvalue weighted by Crippen LogP contribution is 2.64. The first kappa shape index (κ1) is 18.7. The molecule has 1 aromatic carbocycles. The van der Waals surface area contributed by atoms with Crippen LogP contribution in [0, 0.1) is 5.41 Å². The van der Waals surface area contributed by atoms with Crippen LogP contribution in [-0.2, 0) is 25.6 Å². The van der Waals surface area contributed by atoms with E-state index in [1.165, 1.54) is 0 Å². The van der Waals surface area contributed by atoms with Gasteiger partial charge in [-0.05, 0) is 23.9 Å². The summed E-state index contributed by atoms with van der Waals surface area (Å²) in [6, 6.07) is 6.64. The van der Waals surface area contributed by atoms with E-state index in [9.17, 15) is 14.4 Å². The molecule has 134 valence electrons. The van der Waals surface area contributed by atoms with Gasteiger partial charge in [-0.2, -0.15) is 0 Å². The van der Waals surface area contributed by atoms with Crippen molar-refractivity contribution in [3.05, 3.63) is 35.4 Å². The molecule has 0 bridgehead atoms. The Hall–Kier alpha value is -1.05. The van der Waals surface area contributed by atoms with E-state index in [1.54, 1.807) is 24.3 Å². The molecule has 0 aromatic heterocycles. The van der Waals surface area contributed by atoms with Gasteiger partial charge >= 0.3 is 0 Å². The van der Waals surface area contributed by atoms with E-state index in [-0.39, 0.29) is 35.3 Å². The third-order valence-electron chi connectivity index (χ3n) is 3.86. The van der Waals surface area contributed by atoms with Crippen LogP contribution >= 0.6 is 17.1 Å². The molecule has 0 radical (unpaired) electrons. The minimum Gasteiger partial charge on any atom is -0.321 e. The molecule has 6 nitrogen and oxygen atoms in total. The summed E-state index contributed by atoms with van der Waals surface area (Å²) in [6.07, 6.45) is 0.0185. The largest absolute Gasteiger partial charge is 0.321 e. The van der Waals surface area contributed by atoms with Crippen molar-refractivity contribution in [2.24, 2.45) is 5.41 Å². The maximum absolute atomic E-state index is 12.3. The van der Waals surface area contributed by atoms with Crippen molar-refractivity contribution in [2.45, 2.75) is 20.3 Å². The first-order valence-electron chi connectivity index (χ1n) is 7.78. The lowest BCUT2D eigenvalue weighted by atomic mass is 9.97. The van der Waals surface area contributed by atoms with Gasteiger partial charge in [-0.3, -0.25) is 19.3 Å². The number of carbonyl (C=O) groups excluding carboxylic acids is 3. The summed E-state index contributed by atoms with van der Waals surface area (Å²) in [6.45, 7) is 4.92. The first-order chi connectivity index (χ1) is 11.7. The summed E-state index contributed by atoms with van der Waals surface area (Å²) in [5, 5.41) is -0.236. The lowest BCUT2D eigenvalue weighted by Crippen LogP contribution is -2.31. The molecule has 9 heteroatoms. The van der Waals surface area contributed by atoms with Crippen LogP contribution in [0.25, 0.3) is 0 Å². The monoisotopic (exact) mass is 399 g/mol. The highest BCUT2D eigenvalue weighted by molar-refractivity contribution is 8.73. The van der Waals surface area contributed by atoms with Gasteiger partial charge in [-0.1, -0.05) is 26.0 Å². The van der Waals surface area contributed by atoms with E-state index in [2.05, 4.69) is 0 Å². The van der Waals surface area contributed by atoms with Crippen LogP contribution in [-0.4, -0.2) is 41.6 Å². The average Bonchev–Trinajstić information content (AvgIpc) is 2.81. The fourth-order valence-corrected chi connectivity index (χ4v) is 6.80. The van der Waals surface area contributed by atoms with E-state index in [1.807, 2.05) is 13.8 Å². The third-order valence-corrected chi connectivity index (χ3v) is 8.60. The number of carbonyl (C=O) groups is 3. The van der Waals surface area contributed by atoms with E-state index in [0.717, 1.165) is 16.3 Å². The number of hydrogen-bond donors (Lipinski definition) is 0. The van der Waals surface area contributed by atoms with Crippen LogP contribution in [0.15, 0.2) is 24.3 Å². The fourth-order valence-electron chi connectivity index (χ4n) is 2.45. The number of benzene rings is 1. The van der Waals surface area contributed by atoms with Gasteiger partial charge in [0.05, 0.1) is 24.3 Å². The second-order valence-corrected chi connectivity index (χ2v) is 12.9. The molecule has 25 heavy (non-hydrogen) atoms. The maximum atomic E-state index is 12.3. The molecule has 1 fully saturated rings. The van der Waals surface area contributed by atoms with Gasteiger partial charge in [0.25, 0.3) is 17.5 Å². The molecule has 0 saturated carbocycles. The number of rotatable bonds is 4. The second-order valence-electron chi connectivity index (χ2n) is 6.68. The molecule has 2 aliphatic heterocycles. The third kappa shape index (κ3) is 4.04. The van der Waals surface area contributed by atoms with Crippen LogP contribution in [0.4, 0.5) is 0 Å². The van der Waals surface area contributed by atoms with Gasteiger partial charge < -0.3 is 9.05 Å². The molecule has 0 aliphatic carbocycles. The quantitative estimate of drug-likeness (QED) is 0.568. The second kappa shape index (κ2) is 6.93. The molecule has 0 N–H and O–H groups in total. The Bertz CT molecular complexity index is 745. The molecule has 0 atom stereocenters. The number of nitrogens with zero attached hydrogens (tertiary/aromatic N) is 1. The highest BCUT2D eigenvalue weighted by Gasteiger charge is 2.37. The van der Waals surface area contributed by atoms with Crippen molar-refractivity contribution < 1.29 is 23.4 Å². The minimum atomic E-state index is -2.69. The molecular weight excluding hydrogens is 381 g/mol. The smallest absolute Gasteiger partial charge is 0.261 e. The van der Waals surface area contributed by atoms with Gasteiger partial charge in [0.15, 0.2) is 5.12 Å². The molecule has 3 rings (SSSR count). The van der Waals surface area contributed by atoms with Gasteiger partial charge in [0, 0.05) is 29.8 Å². The number of imide groups is 1. The van der Waals surface area contributed by atoms with Gasteiger partial charge in [-0.25, -0.2) is 0 Å². The number of amides is 2. The van der Waals surface area contributed by atoms with Crippen LogP contribution in [0.2, 0.25) is 0 Å².